The number of aliphatic hydroxyl groups is 1. The Morgan fingerprint density at radius 3 is 2.95 bits per heavy atom. The lowest BCUT2D eigenvalue weighted by molar-refractivity contribution is 0.0797. The van der Waals surface area contributed by atoms with Crippen LogP contribution in [0, 0.1) is 5.92 Å². The smallest absolute Gasteiger partial charge is 0.263 e. The quantitative estimate of drug-likeness (QED) is 0.783. The number of thiophene rings is 1. The first-order valence-corrected chi connectivity index (χ1v) is 8.95. The molecule has 3 nitrogen and oxygen atoms in total. The molecular weight excluding hydrogens is 282 g/mol. The van der Waals surface area contributed by atoms with E-state index in [4.69, 9.17) is 5.11 Å². The lowest BCUT2D eigenvalue weighted by Gasteiger charge is -2.19. The first-order valence-electron chi connectivity index (χ1n) is 8.13. The van der Waals surface area contributed by atoms with E-state index in [1.807, 2.05) is 11.9 Å². The summed E-state index contributed by atoms with van der Waals surface area (Å²) >= 11 is 1.70. The molecule has 0 saturated heterocycles. The van der Waals surface area contributed by atoms with Gasteiger partial charge in [0.1, 0.15) is 0 Å². The molecule has 1 atom stereocenters. The highest BCUT2D eigenvalue weighted by Crippen LogP contribution is 2.33. The van der Waals surface area contributed by atoms with Crippen LogP contribution in [0.15, 0.2) is 6.07 Å². The van der Waals surface area contributed by atoms with Crippen molar-refractivity contribution in [2.75, 3.05) is 20.2 Å². The molecule has 0 aliphatic heterocycles. The molecule has 21 heavy (non-hydrogen) atoms. The Labute approximate surface area is 132 Å². The number of rotatable bonds is 7. The lowest BCUT2D eigenvalue weighted by Crippen LogP contribution is -2.27. The van der Waals surface area contributed by atoms with Crippen molar-refractivity contribution in [2.24, 2.45) is 5.92 Å². The summed E-state index contributed by atoms with van der Waals surface area (Å²) in [5.41, 5.74) is 1.41. The minimum absolute atomic E-state index is 0.159. The van der Waals surface area contributed by atoms with Gasteiger partial charge < -0.3 is 10.0 Å². The highest BCUT2D eigenvalue weighted by molar-refractivity contribution is 7.14. The Morgan fingerprint density at radius 2 is 2.24 bits per heavy atom. The van der Waals surface area contributed by atoms with Gasteiger partial charge in [-0.05, 0) is 56.1 Å². The zero-order valence-electron chi connectivity index (χ0n) is 13.2. The van der Waals surface area contributed by atoms with E-state index in [1.54, 1.807) is 11.3 Å². The Kier molecular flexibility index (Phi) is 6.24. The molecule has 1 aliphatic rings. The van der Waals surface area contributed by atoms with E-state index in [0.29, 0.717) is 0 Å². The number of hydrogen-bond donors (Lipinski definition) is 1. The van der Waals surface area contributed by atoms with Crippen LogP contribution in [-0.4, -0.2) is 36.1 Å². The lowest BCUT2D eigenvalue weighted by atomic mass is 9.87. The molecular formula is C17H27NO2S. The average Bonchev–Trinajstić information content (AvgIpc) is 2.93. The summed E-state index contributed by atoms with van der Waals surface area (Å²) in [6.07, 6.45) is 7.58. The number of hydrogen-bond acceptors (Lipinski definition) is 3. The zero-order chi connectivity index (χ0) is 15.2. The first kappa shape index (κ1) is 16.5. The van der Waals surface area contributed by atoms with E-state index in [9.17, 15) is 4.79 Å². The Morgan fingerprint density at radius 1 is 1.43 bits per heavy atom. The summed E-state index contributed by atoms with van der Waals surface area (Å²) < 4.78 is 0. The van der Waals surface area contributed by atoms with Crippen molar-refractivity contribution >= 4 is 17.2 Å². The Hall–Kier alpha value is -0.870. The fraction of sp³-hybridized carbons (Fsp3) is 0.706. The number of amides is 1. The highest BCUT2D eigenvalue weighted by atomic mass is 32.1. The molecule has 0 spiro atoms. The molecule has 4 heteroatoms. The summed E-state index contributed by atoms with van der Waals surface area (Å²) in [4.78, 5) is 16.6. The van der Waals surface area contributed by atoms with Crippen LogP contribution in [0.4, 0.5) is 0 Å². The number of aliphatic hydroxyl groups excluding tert-OH is 1. The predicted octanol–water partition coefficient (Wildman–Crippen LogP) is 3.50. The zero-order valence-corrected chi connectivity index (χ0v) is 14.0. The van der Waals surface area contributed by atoms with Crippen LogP contribution in [0.25, 0.3) is 0 Å². The van der Waals surface area contributed by atoms with Gasteiger partial charge in [0.25, 0.3) is 5.91 Å². The van der Waals surface area contributed by atoms with Gasteiger partial charge in [0, 0.05) is 25.1 Å². The minimum Gasteiger partial charge on any atom is -0.396 e. The molecule has 1 unspecified atom stereocenters. The maximum absolute atomic E-state index is 12.5. The van der Waals surface area contributed by atoms with Gasteiger partial charge >= 0.3 is 0 Å². The van der Waals surface area contributed by atoms with E-state index >= 15 is 0 Å². The van der Waals surface area contributed by atoms with Gasteiger partial charge in [0.2, 0.25) is 0 Å². The molecule has 1 amide bonds. The van der Waals surface area contributed by atoms with Gasteiger partial charge in [-0.1, -0.05) is 13.3 Å². The van der Waals surface area contributed by atoms with Gasteiger partial charge in [-0.15, -0.1) is 11.3 Å². The van der Waals surface area contributed by atoms with Crippen LogP contribution < -0.4 is 0 Å². The fourth-order valence-electron chi connectivity index (χ4n) is 2.98. The maximum Gasteiger partial charge on any atom is 0.263 e. The molecule has 0 saturated carbocycles. The first-order chi connectivity index (χ1) is 10.2. The standard InChI is InChI=1S/C17H27NO2S/c1-3-13-7-8-15-14(11-13)12-16(21-15)17(20)18(2)9-5-4-6-10-19/h12-13,19H,3-11H2,1-2H3. The summed E-state index contributed by atoms with van der Waals surface area (Å²) in [6.45, 7) is 3.28. The van der Waals surface area contributed by atoms with Gasteiger partial charge in [-0.2, -0.15) is 0 Å². The van der Waals surface area contributed by atoms with Crippen molar-refractivity contribution in [3.8, 4) is 0 Å². The molecule has 118 valence electrons. The van der Waals surface area contributed by atoms with E-state index in [2.05, 4.69) is 13.0 Å². The van der Waals surface area contributed by atoms with Crippen molar-refractivity contribution in [2.45, 2.75) is 51.9 Å². The molecule has 0 aromatic carbocycles. The van der Waals surface area contributed by atoms with Crippen LogP contribution in [0.3, 0.4) is 0 Å². The van der Waals surface area contributed by atoms with Crippen LogP contribution >= 0.6 is 11.3 Å². The monoisotopic (exact) mass is 309 g/mol. The Balaban J connectivity index is 1.92. The van der Waals surface area contributed by atoms with Gasteiger partial charge in [0.05, 0.1) is 4.88 Å². The molecule has 1 aliphatic carbocycles. The van der Waals surface area contributed by atoms with Crippen LogP contribution in [0.5, 0.6) is 0 Å². The third kappa shape index (κ3) is 4.30. The normalized spacial score (nSPS) is 17.6. The summed E-state index contributed by atoms with van der Waals surface area (Å²) in [5.74, 6) is 0.956. The second kappa shape index (κ2) is 7.95. The molecule has 1 heterocycles. The SMILES string of the molecule is CCC1CCc2sc(C(=O)N(C)CCCCCO)cc2C1. The number of nitrogens with zero attached hydrogens (tertiary/aromatic N) is 1. The number of fused-ring (bicyclic) bond motifs is 1. The van der Waals surface area contributed by atoms with E-state index in [-0.39, 0.29) is 12.5 Å². The highest BCUT2D eigenvalue weighted by Gasteiger charge is 2.23. The summed E-state index contributed by atoms with van der Waals surface area (Å²) in [7, 11) is 1.88. The summed E-state index contributed by atoms with van der Waals surface area (Å²) in [6, 6.07) is 2.13. The molecule has 0 bridgehead atoms. The topological polar surface area (TPSA) is 40.5 Å². The van der Waals surface area contributed by atoms with E-state index < -0.39 is 0 Å². The number of aryl methyl sites for hydroxylation is 1. The molecule has 0 fully saturated rings. The maximum atomic E-state index is 12.5. The van der Waals surface area contributed by atoms with E-state index in [0.717, 1.165) is 49.4 Å². The molecule has 1 aromatic rings. The van der Waals surface area contributed by atoms with Crippen LogP contribution in [0.1, 0.15) is 59.1 Å². The van der Waals surface area contributed by atoms with Gasteiger partial charge in [-0.25, -0.2) is 0 Å². The van der Waals surface area contributed by atoms with Crippen molar-refractivity contribution in [1.29, 1.82) is 0 Å². The number of carbonyl (C=O) groups excluding carboxylic acids is 1. The largest absolute Gasteiger partial charge is 0.396 e. The van der Waals surface area contributed by atoms with E-state index in [1.165, 1.54) is 23.3 Å². The second-order valence-electron chi connectivity index (χ2n) is 6.09. The van der Waals surface area contributed by atoms with Crippen molar-refractivity contribution in [3.63, 3.8) is 0 Å². The number of unbranched alkanes of at least 4 members (excludes halogenated alkanes) is 2. The summed E-state index contributed by atoms with van der Waals surface area (Å²) in [5, 5.41) is 8.78. The minimum atomic E-state index is 0.159. The third-order valence-electron chi connectivity index (χ3n) is 4.47. The molecule has 1 aromatic heterocycles. The molecule has 1 N–H and O–H groups in total. The van der Waals surface area contributed by atoms with Crippen LogP contribution in [0.2, 0.25) is 0 Å². The van der Waals surface area contributed by atoms with Crippen LogP contribution in [-0.2, 0) is 12.8 Å². The average molecular weight is 309 g/mol. The third-order valence-corrected chi connectivity index (χ3v) is 5.70. The van der Waals surface area contributed by atoms with Crippen molar-refractivity contribution < 1.29 is 9.90 Å². The second-order valence-corrected chi connectivity index (χ2v) is 7.22. The predicted molar refractivity (Wildman–Crippen MR) is 88.0 cm³/mol. The Bertz CT molecular complexity index is 469. The van der Waals surface area contributed by atoms with Crippen molar-refractivity contribution in [1.82, 2.24) is 4.90 Å². The fourth-order valence-corrected chi connectivity index (χ4v) is 4.18. The molecule has 0 radical (unpaired) electrons. The van der Waals surface area contributed by atoms with Gasteiger partial charge in [0.15, 0.2) is 0 Å². The number of carbonyl (C=O) groups is 1. The van der Waals surface area contributed by atoms with Crippen molar-refractivity contribution in [3.05, 3.63) is 21.4 Å². The molecule has 2 rings (SSSR count). The van der Waals surface area contributed by atoms with Gasteiger partial charge in [-0.3, -0.25) is 4.79 Å².